The Kier molecular flexibility index (Phi) is 10.3. The number of aliphatic hydroxyl groups is 1. The second-order valence-corrected chi connectivity index (χ2v) is 6.89. The summed E-state index contributed by atoms with van der Waals surface area (Å²) in [5.74, 6) is 0.733. The smallest absolute Gasteiger partial charge is 0.0897 e. The molecule has 0 spiro atoms. The summed E-state index contributed by atoms with van der Waals surface area (Å²) in [6, 6.07) is 0.779. The van der Waals surface area contributed by atoms with Gasteiger partial charge in [0, 0.05) is 32.3 Å². The van der Waals surface area contributed by atoms with Crippen molar-refractivity contribution in [3.63, 3.8) is 0 Å². The van der Waals surface area contributed by atoms with Gasteiger partial charge in [-0.1, -0.05) is 26.7 Å². The third kappa shape index (κ3) is 9.46. The van der Waals surface area contributed by atoms with Gasteiger partial charge in [0.05, 0.1) is 12.7 Å². The molecule has 0 aromatic carbocycles. The lowest BCUT2D eigenvalue weighted by atomic mass is 10.1. The molecule has 1 rings (SSSR count). The first kappa shape index (κ1) is 18.9. The van der Waals surface area contributed by atoms with Crippen LogP contribution in [0, 0.1) is 5.92 Å². The van der Waals surface area contributed by atoms with Crippen LogP contribution >= 0.6 is 0 Å². The van der Waals surface area contributed by atoms with Crippen molar-refractivity contribution < 1.29 is 9.84 Å². The van der Waals surface area contributed by atoms with E-state index < -0.39 is 0 Å². The third-order valence-electron chi connectivity index (χ3n) is 4.35. The topological polar surface area (TPSA) is 44.7 Å². The molecule has 1 aliphatic carbocycles. The summed E-state index contributed by atoms with van der Waals surface area (Å²) in [6.07, 6.45) is 7.36. The fourth-order valence-corrected chi connectivity index (χ4v) is 2.92. The quantitative estimate of drug-likeness (QED) is 0.543. The second kappa shape index (κ2) is 11.4. The van der Waals surface area contributed by atoms with Crippen LogP contribution in [-0.4, -0.2) is 62.0 Å². The van der Waals surface area contributed by atoms with E-state index in [-0.39, 0.29) is 6.10 Å². The maximum atomic E-state index is 9.83. The van der Waals surface area contributed by atoms with Gasteiger partial charge in [-0.25, -0.2) is 0 Å². The molecule has 21 heavy (non-hydrogen) atoms. The summed E-state index contributed by atoms with van der Waals surface area (Å²) >= 11 is 0. The monoisotopic (exact) mass is 300 g/mol. The van der Waals surface area contributed by atoms with Crippen LogP contribution in [0.3, 0.4) is 0 Å². The lowest BCUT2D eigenvalue weighted by Crippen LogP contribution is -2.38. The highest BCUT2D eigenvalue weighted by molar-refractivity contribution is 4.75. The van der Waals surface area contributed by atoms with Gasteiger partial charge < -0.3 is 20.1 Å². The molecule has 0 radical (unpaired) electrons. The zero-order valence-electron chi connectivity index (χ0n) is 14.3. The highest BCUT2D eigenvalue weighted by Gasteiger charge is 2.18. The highest BCUT2D eigenvalue weighted by atomic mass is 16.5. The van der Waals surface area contributed by atoms with E-state index >= 15 is 0 Å². The van der Waals surface area contributed by atoms with Gasteiger partial charge >= 0.3 is 0 Å². The molecule has 1 unspecified atom stereocenters. The Balaban J connectivity index is 1.89. The minimum atomic E-state index is -0.388. The fourth-order valence-electron chi connectivity index (χ4n) is 2.92. The molecule has 4 heteroatoms. The summed E-state index contributed by atoms with van der Waals surface area (Å²) in [5.41, 5.74) is 0. The lowest BCUT2D eigenvalue weighted by molar-refractivity contribution is 0.0345. The third-order valence-corrected chi connectivity index (χ3v) is 4.35. The van der Waals surface area contributed by atoms with Crippen molar-refractivity contribution in [3.8, 4) is 0 Å². The number of ether oxygens (including phenoxy) is 1. The lowest BCUT2D eigenvalue weighted by Gasteiger charge is -2.24. The molecule has 1 atom stereocenters. The Morgan fingerprint density at radius 2 is 2.00 bits per heavy atom. The molecule has 126 valence electrons. The molecule has 0 heterocycles. The Morgan fingerprint density at radius 3 is 2.67 bits per heavy atom. The normalized spacial score (nSPS) is 18.0. The first-order valence-electron chi connectivity index (χ1n) is 8.76. The van der Waals surface area contributed by atoms with Crippen LogP contribution in [0.15, 0.2) is 0 Å². The van der Waals surface area contributed by atoms with E-state index in [0.717, 1.165) is 38.1 Å². The van der Waals surface area contributed by atoms with Gasteiger partial charge in [0.25, 0.3) is 0 Å². The standard InChI is InChI=1S/C17H36N2O2/c1-15(2)7-6-12-21-14-17(20)13-18-10-11-19(3)16-8-4-5-9-16/h15-18,20H,4-14H2,1-3H3. The Morgan fingerprint density at radius 1 is 1.29 bits per heavy atom. The molecule has 1 fully saturated rings. The maximum absolute atomic E-state index is 9.83. The molecule has 0 bridgehead atoms. The predicted molar refractivity (Wildman–Crippen MR) is 88.7 cm³/mol. The Labute approximate surface area is 131 Å². The van der Waals surface area contributed by atoms with Crippen LogP contribution in [0.5, 0.6) is 0 Å². The number of nitrogens with one attached hydrogen (secondary N) is 1. The predicted octanol–water partition coefficient (Wildman–Crippen LogP) is 2.26. The van der Waals surface area contributed by atoms with E-state index in [9.17, 15) is 5.11 Å². The van der Waals surface area contributed by atoms with E-state index in [1.54, 1.807) is 0 Å². The van der Waals surface area contributed by atoms with Gasteiger partial charge in [0.15, 0.2) is 0 Å². The van der Waals surface area contributed by atoms with E-state index in [2.05, 4.69) is 31.1 Å². The molecule has 0 saturated heterocycles. The molecule has 2 N–H and O–H groups in total. The van der Waals surface area contributed by atoms with Crippen LogP contribution < -0.4 is 5.32 Å². The number of aliphatic hydroxyl groups excluding tert-OH is 1. The number of likely N-dealkylation sites (N-methyl/N-ethyl adjacent to an activating group) is 1. The van der Waals surface area contributed by atoms with Crippen LogP contribution in [-0.2, 0) is 4.74 Å². The summed E-state index contributed by atoms with van der Waals surface area (Å²) < 4.78 is 5.50. The first-order valence-corrected chi connectivity index (χ1v) is 8.76. The van der Waals surface area contributed by atoms with Gasteiger partial charge in [-0.2, -0.15) is 0 Å². The molecule has 0 amide bonds. The van der Waals surface area contributed by atoms with E-state index in [0.29, 0.717) is 13.2 Å². The Hall–Kier alpha value is -0.160. The number of hydrogen-bond acceptors (Lipinski definition) is 4. The number of nitrogens with zero attached hydrogens (tertiary/aromatic N) is 1. The molecule has 0 aliphatic heterocycles. The van der Waals surface area contributed by atoms with Crippen LogP contribution in [0.2, 0.25) is 0 Å². The van der Waals surface area contributed by atoms with Crippen LogP contribution in [0.25, 0.3) is 0 Å². The van der Waals surface area contributed by atoms with Crippen LogP contribution in [0.4, 0.5) is 0 Å². The van der Waals surface area contributed by atoms with E-state index in [1.807, 2.05) is 0 Å². The molecular formula is C17H36N2O2. The van der Waals surface area contributed by atoms with E-state index in [1.165, 1.54) is 32.1 Å². The summed E-state index contributed by atoms with van der Waals surface area (Å²) in [5, 5.41) is 13.2. The summed E-state index contributed by atoms with van der Waals surface area (Å²) in [4.78, 5) is 2.45. The number of rotatable bonds is 12. The first-order chi connectivity index (χ1) is 10.1. The molecule has 4 nitrogen and oxygen atoms in total. The van der Waals surface area contributed by atoms with Crippen molar-refractivity contribution in [3.05, 3.63) is 0 Å². The Bertz CT molecular complexity index is 243. The maximum Gasteiger partial charge on any atom is 0.0897 e. The van der Waals surface area contributed by atoms with Crippen molar-refractivity contribution in [2.24, 2.45) is 5.92 Å². The van der Waals surface area contributed by atoms with Crippen molar-refractivity contribution in [2.75, 3.05) is 39.9 Å². The van der Waals surface area contributed by atoms with Crippen molar-refractivity contribution in [1.29, 1.82) is 0 Å². The average Bonchev–Trinajstić information content (AvgIpc) is 2.97. The van der Waals surface area contributed by atoms with Crippen molar-refractivity contribution in [1.82, 2.24) is 10.2 Å². The van der Waals surface area contributed by atoms with Gasteiger partial charge in [0.2, 0.25) is 0 Å². The minimum Gasteiger partial charge on any atom is -0.389 e. The summed E-state index contributed by atoms with van der Waals surface area (Å²) in [6.45, 7) is 8.29. The molecule has 0 aromatic rings. The van der Waals surface area contributed by atoms with Gasteiger partial charge in [-0.15, -0.1) is 0 Å². The zero-order valence-corrected chi connectivity index (χ0v) is 14.3. The molecule has 1 saturated carbocycles. The zero-order chi connectivity index (χ0) is 15.5. The molecule has 1 aliphatic rings. The largest absolute Gasteiger partial charge is 0.389 e. The second-order valence-electron chi connectivity index (χ2n) is 6.89. The number of hydrogen-bond donors (Lipinski definition) is 2. The van der Waals surface area contributed by atoms with Gasteiger partial charge in [-0.05, 0) is 38.6 Å². The van der Waals surface area contributed by atoms with Gasteiger partial charge in [0.1, 0.15) is 0 Å². The molecule has 0 aromatic heterocycles. The average molecular weight is 300 g/mol. The SMILES string of the molecule is CC(C)CCCOCC(O)CNCCN(C)C1CCCC1. The van der Waals surface area contributed by atoms with Crippen molar-refractivity contribution in [2.45, 2.75) is 64.5 Å². The highest BCUT2D eigenvalue weighted by Crippen LogP contribution is 2.21. The van der Waals surface area contributed by atoms with Crippen molar-refractivity contribution >= 4 is 0 Å². The van der Waals surface area contributed by atoms with E-state index in [4.69, 9.17) is 4.74 Å². The van der Waals surface area contributed by atoms with Crippen LogP contribution in [0.1, 0.15) is 52.4 Å². The minimum absolute atomic E-state index is 0.388. The summed E-state index contributed by atoms with van der Waals surface area (Å²) in [7, 11) is 2.21. The molecular weight excluding hydrogens is 264 g/mol. The fraction of sp³-hybridized carbons (Fsp3) is 1.00. The van der Waals surface area contributed by atoms with Gasteiger partial charge in [-0.3, -0.25) is 0 Å².